The molecular formula is C14H13IN2O3. The molecular weight excluding hydrogens is 371 g/mol. The molecule has 0 bridgehead atoms. The Bertz CT molecular complexity index is 642. The molecule has 1 N–H and O–H groups in total. The molecule has 1 atom stereocenters. The van der Waals surface area contributed by atoms with Crippen molar-refractivity contribution in [1.82, 2.24) is 10.2 Å². The van der Waals surface area contributed by atoms with Crippen molar-refractivity contribution < 1.29 is 14.4 Å². The number of carbonyl (C=O) groups is 3. The van der Waals surface area contributed by atoms with Crippen LogP contribution in [0.1, 0.15) is 34.3 Å². The Labute approximate surface area is 129 Å². The van der Waals surface area contributed by atoms with Crippen LogP contribution in [0.2, 0.25) is 0 Å². The maximum Gasteiger partial charge on any atom is 0.255 e. The highest BCUT2D eigenvalue weighted by Gasteiger charge is 2.39. The minimum atomic E-state index is -0.537. The Kier molecular flexibility index (Phi) is 3.27. The lowest BCUT2D eigenvalue weighted by Gasteiger charge is -2.29. The van der Waals surface area contributed by atoms with Crippen LogP contribution in [0.5, 0.6) is 0 Å². The van der Waals surface area contributed by atoms with Gasteiger partial charge in [-0.15, -0.1) is 0 Å². The third-order valence-electron chi connectivity index (χ3n) is 3.84. The van der Waals surface area contributed by atoms with E-state index in [1.807, 2.05) is 19.1 Å². The van der Waals surface area contributed by atoms with E-state index in [-0.39, 0.29) is 24.1 Å². The first-order chi connectivity index (χ1) is 9.47. The monoisotopic (exact) mass is 384 g/mol. The number of nitrogens with zero attached hydrogens (tertiary/aromatic N) is 1. The van der Waals surface area contributed by atoms with Crippen LogP contribution in [0.15, 0.2) is 12.1 Å². The molecule has 1 aromatic rings. The van der Waals surface area contributed by atoms with E-state index in [9.17, 15) is 14.4 Å². The zero-order valence-corrected chi connectivity index (χ0v) is 13.1. The van der Waals surface area contributed by atoms with Gasteiger partial charge in [-0.1, -0.05) is 0 Å². The molecule has 6 heteroatoms. The number of fused-ring (bicyclic) bond motifs is 1. The number of imide groups is 1. The van der Waals surface area contributed by atoms with E-state index in [1.165, 1.54) is 0 Å². The van der Waals surface area contributed by atoms with Gasteiger partial charge in [-0.05, 0) is 59.2 Å². The van der Waals surface area contributed by atoms with E-state index >= 15 is 0 Å². The fourth-order valence-corrected chi connectivity index (χ4v) is 3.58. The highest BCUT2D eigenvalue weighted by atomic mass is 127. The van der Waals surface area contributed by atoms with E-state index in [0.29, 0.717) is 18.5 Å². The predicted octanol–water partition coefficient (Wildman–Crippen LogP) is 1.36. The second-order valence-corrected chi connectivity index (χ2v) is 6.39. The molecule has 2 heterocycles. The van der Waals surface area contributed by atoms with Crippen molar-refractivity contribution in [1.29, 1.82) is 0 Å². The fraction of sp³-hybridized carbons (Fsp3) is 0.357. The van der Waals surface area contributed by atoms with Gasteiger partial charge in [0.15, 0.2) is 0 Å². The average molecular weight is 384 g/mol. The van der Waals surface area contributed by atoms with Gasteiger partial charge >= 0.3 is 0 Å². The average Bonchev–Trinajstić information content (AvgIpc) is 2.68. The lowest BCUT2D eigenvalue weighted by Crippen LogP contribution is -2.52. The molecule has 0 saturated carbocycles. The number of hydrogen-bond donors (Lipinski definition) is 1. The molecule has 20 heavy (non-hydrogen) atoms. The number of halogens is 1. The normalized spacial score (nSPS) is 22.0. The molecule has 3 rings (SSSR count). The Hall–Kier alpha value is -1.44. The number of nitrogens with one attached hydrogen (secondary N) is 1. The predicted molar refractivity (Wildman–Crippen MR) is 79.9 cm³/mol. The van der Waals surface area contributed by atoms with Gasteiger partial charge in [0.05, 0.1) is 0 Å². The van der Waals surface area contributed by atoms with Crippen LogP contribution in [0.4, 0.5) is 0 Å². The Morgan fingerprint density at radius 3 is 2.75 bits per heavy atom. The van der Waals surface area contributed by atoms with E-state index in [1.54, 1.807) is 4.90 Å². The second-order valence-electron chi connectivity index (χ2n) is 5.15. The molecule has 1 unspecified atom stereocenters. The molecule has 0 aliphatic carbocycles. The number of piperidine rings is 1. The summed E-state index contributed by atoms with van der Waals surface area (Å²) in [5.41, 5.74) is 2.73. The van der Waals surface area contributed by atoms with Crippen molar-refractivity contribution in [3.63, 3.8) is 0 Å². The second kappa shape index (κ2) is 4.83. The van der Waals surface area contributed by atoms with Crippen molar-refractivity contribution >= 4 is 40.3 Å². The van der Waals surface area contributed by atoms with Gasteiger partial charge in [0.25, 0.3) is 5.91 Å². The number of aryl methyl sites for hydroxylation is 1. The molecule has 1 fully saturated rings. The van der Waals surface area contributed by atoms with Crippen LogP contribution < -0.4 is 5.32 Å². The van der Waals surface area contributed by atoms with Crippen LogP contribution in [-0.4, -0.2) is 28.7 Å². The topological polar surface area (TPSA) is 66.5 Å². The first-order valence-corrected chi connectivity index (χ1v) is 7.49. The summed E-state index contributed by atoms with van der Waals surface area (Å²) < 4.78 is 1.01. The van der Waals surface area contributed by atoms with Crippen LogP contribution >= 0.6 is 22.6 Å². The maximum atomic E-state index is 12.5. The summed E-state index contributed by atoms with van der Waals surface area (Å²) in [5.74, 6) is -0.744. The quantitative estimate of drug-likeness (QED) is 0.588. The Morgan fingerprint density at radius 1 is 1.30 bits per heavy atom. The minimum Gasteiger partial charge on any atom is -0.322 e. The molecule has 1 saturated heterocycles. The smallest absolute Gasteiger partial charge is 0.255 e. The van der Waals surface area contributed by atoms with E-state index in [0.717, 1.165) is 14.7 Å². The third kappa shape index (κ3) is 2.11. The van der Waals surface area contributed by atoms with Gasteiger partial charge in [0, 0.05) is 22.1 Å². The minimum absolute atomic E-state index is 0.115. The molecule has 2 aliphatic rings. The van der Waals surface area contributed by atoms with Gasteiger partial charge in [0.2, 0.25) is 11.8 Å². The summed E-state index contributed by atoms with van der Waals surface area (Å²) in [4.78, 5) is 37.2. The summed E-state index contributed by atoms with van der Waals surface area (Å²) in [6.07, 6.45) is 0.688. The van der Waals surface area contributed by atoms with Crippen molar-refractivity contribution in [2.24, 2.45) is 0 Å². The van der Waals surface area contributed by atoms with Crippen LogP contribution in [0, 0.1) is 10.5 Å². The van der Waals surface area contributed by atoms with Gasteiger partial charge < -0.3 is 4.90 Å². The fourth-order valence-electron chi connectivity index (χ4n) is 2.80. The number of carbonyl (C=O) groups excluding carboxylic acids is 3. The first kappa shape index (κ1) is 13.5. The summed E-state index contributed by atoms with van der Waals surface area (Å²) in [7, 11) is 0. The van der Waals surface area contributed by atoms with Crippen LogP contribution in [0.25, 0.3) is 0 Å². The van der Waals surface area contributed by atoms with Gasteiger partial charge in [-0.2, -0.15) is 0 Å². The highest BCUT2D eigenvalue weighted by molar-refractivity contribution is 14.1. The summed E-state index contributed by atoms with van der Waals surface area (Å²) >= 11 is 2.18. The molecule has 104 valence electrons. The Balaban J connectivity index is 1.92. The largest absolute Gasteiger partial charge is 0.322 e. The van der Waals surface area contributed by atoms with Gasteiger partial charge in [-0.3, -0.25) is 19.7 Å². The zero-order valence-electron chi connectivity index (χ0n) is 10.9. The van der Waals surface area contributed by atoms with Crippen molar-refractivity contribution in [3.8, 4) is 0 Å². The molecule has 2 aliphatic heterocycles. The lowest BCUT2D eigenvalue weighted by molar-refractivity contribution is -0.136. The Morgan fingerprint density at radius 2 is 2.05 bits per heavy atom. The van der Waals surface area contributed by atoms with Gasteiger partial charge in [0.1, 0.15) is 6.04 Å². The number of rotatable bonds is 1. The molecule has 5 nitrogen and oxygen atoms in total. The zero-order chi connectivity index (χ0) is 14.4. The highest BCUT2D eigenvalue weighted by Crippen LogP contribution is 2.30. The maximum absolute atomic E-state index is 12.5. The van der Waals surface area contributed by atoms with E-state index in [2.05, 4.69) is 27.9 Å². The summed E-state index contributed by atoms with van der Waals surface area (Å²) in [6, 6.07) is 3.35. The summed E-state index contributed by atoms with van der Waals surface area (Å²) in [6.45, 7) is 2.42. The molecule has 0 spiro atoms. The van der Waals surface area contributed by atoms with Crippen molar-refractivity contribution in [3.05, 3.63) is 32.4 Å². The standard InChI is InChI=1S/C14H13IN2O3/c1-7-4-8(15)5-9-10(7)6-17(14(9)20)11-2-3-12(18)16-13(11)19/h4-5,11H,2-3,6H2,1H3,(H,16,18,19). The summed E-state index contributed by atoms with van der Waals surface area (Å²) in [5, 5.41) is 2.31. The van der Waals surface area contributed by atoms with E-state index < -0.39 is 6.04 Å². The number of amides is 3. The molecule has 0 aromatic heterocycles. The van der Waals surface area contributed by atoms with Crippen molar-refractivity contribution in [2.45, 2.75) is 32.4 Å². The molecule has 1 aromatic carbocycles. The van der Waals surface area contributed by atoms with Crippen LogP contribution in [0.3, 0.4) is 0 Å². The van der Waals surface area contributed by atoms with E-state index in [4.69, 9.17) is 0 Å². The van der Waals surface area contributed by atoms with Crippen LogP contribution in [-0.2, 0) is 16.1 Å². The third-order valence-corrected chi connectivity index (χ3v) is 4.47. The molecule has 3 amide bonds. The first-order valence-electron chi connectivity index (χ1n) is 6.41. The SMILES string of the molecule is Cc1cc(I)cc2c1CN(C1CCC(=O)NC1=O)C2=O. The van der Waals surface area contributed by atoms with Crippen molar-refractivity contribution in [2.75, 3.05) is 0 Å². The molecule has 0 radical (unpaired) electrons. The number of benzene rings is 1. The number of hydrogen-bond acceptors (Lipinski definition) is 3. The lowest BCUT2D eigenvalue weighted by atomic mass is 10.0. The van der Waals surface area contributed by atoms with Gasteiger partial charge in [-0.25, -0.2) is 0 Å².